The van der Waals surface area contributed by atoms with Crippen LogP contribution < -0.4 is 10.5 Å². The van der Waals surface area contributed by atoms with Gasteiger partial charge in [-0.1, -0.05) is 0 Å². The fourth-order valence-electron chi connectivity index (χ4n) is 1.14. The van der Waals surface area contributed by atoms with Crippen molar-refractivity contribution in [3.8, 4) is 5.75 Å². The Morgan fingerprint density at radius 3 is 2.87 bits per heavy atom. The Labute approximate surface area is 86.2 Å². The maximum absolute atomic E-state index is 10.9. The van der Waals surface area contributed by atoms with Crippen LogP contribution in [-0.4, -0.2) is 23.3 Å². The van der Waals surface area contributed by atoms with E-state index in [-0.39, 0.29) is 17.4 Å². The molecule has 15 heavy (non-hydrogen) atoms. The monoisotopic (exact) mass is 206 g/mol. The molecule has 0 atom stereocenters. The zero-order valence-corrected chi connectivity index (χ0v) is 7.97. The molecule has 1 fully saturated rings. The number of amides is 1. The van der Waals surface area contributed by atoms with Crippen molar-refractivity contribution in [3.63, 3.8) is 0 Å². The van der Waals surface area contributed by atoms with Gasteiger partial charge < -0.3 is 10.5 Å². The van der Waals surface area contributed by atoms with Gasteiger partial charge in [0.1, 0.15) is 11.4 Å². The van der Waals surface area contributed by atoms with E-state index in [1.54, 1.807) is 0 Å². The van der Waals surface area contributed by atoms with Gasteiger partial charge in [-0.3, -0.25) is 9.59 Å². The predicted octanol–water partition coefficient (Wildman–Crippen LogP) is 0.534. The third kappa shape index (κ3) is 2.12. The van der Waals surface area contributed by atoms with Gasteiger partial charge in [0, 0.05) is 6.20 Å². The first-order valence-corrected chi connectivity index (χ1v) is 4.62. The Morgan fingerprint density at radius 1 is 1.60 bits per heavy atom. The molecule has 0 saturated heterocycles. The maximum atomic E-state index is 10.9. The molecule has 0 unspecified atom stereocenters. The number of primary amides is 1. The first-order chi connectivity index (χ1) is 7.20. The molecule has 1 aromatic rings. The van der Waals surface area contributed by atoms with Crippen molar-refractivity contribution < 1.29 is 14.3 Å². The summed E-state index contributed by atoms with van der Waals surface area (Å²) in [7, 11) is 0. The van der Waals surface area contributed by atoms with Crippen LogP contribution in [0.3, 0.4) is 0 Å². The van der Waals surface area contributed by atoms with Crippen LogP contribution in [0, 0.1) is 0 Å². The zero-order valence-electron chi connectivity index (χ0n) is 7.97. The maximum Gasteiger partial charge on any atom is 0.250 e. The summed E-state index contributed by atoms with van der Waals surface area (Å²) in [6, 6.07) is 1.46. The summed E-state index contributed by atoms with van der Waals surface area (Å²) >= 11 is 0. The topological polar surface area (TPSA) is 82.3 Å². The van der Waals surface area contributed by atoms with E-state index in [1.165, 1.54) is 12.3 Å². The molecule has 0 aromatic carbocycles. The number of pyridine rings is 1. The van der Waals surface area contributed by atoms with Gasteiger partial charge in [-0.2, -0.15) is 0 Å². The van der Waals surface area contributed by atoms with Crippen molar-refractivity contribution >= 4 is 12.2 Å². The third-order valence-corrected chi connectivity index (χ3v) is 2.10. The summed E-state index contributed by atoms with van der Waals surface area (Å²) in [6.07, 6.45) is 3.96. The number of carbonyl (C=O) groups excluding carboxylic acids is 2. The van der Waals surface area contributed by atoms with E-state index < -0.39 is 5.91 Å². The Hall–Kier alpha value is -1.91. The number of nitrogens with zero attached hydrogens (tertiary/aromatic N) is 1. The Bertz CT molecular complexity index is 413. The smallest absolute Gasteiger partial charge is 0.250 e. The molecule has 1 heterocycles. The number of rotatable bonds is 4. The zero-order chi connectivity index (χ0) is 10.8. The van der Waals surface area contributed by atoms with Crippen LogP contribution in [-0.2, 0) is 0 Å². The van der Waals surface area contributed by atoms with E-state index in [1.807, 2.05) is 0 Å². The molecule has 2 N–H and O–H groups in total. The van der Waals surface area contributed by atoms with Crippen molar-refractivity contribution in [2.24, 2.45) is 5.73 Å². The third-order valence-electron chi connectivity index (χ3n) is 2.10. The quantitative estimate of drug-likeness (QED) is 0.728. The summed E-state index contributed by atoms with van der Waals surface area (Å²) in [6.45, 7) is 0. The van der Waals surface area contributed by atoms with Gasteiger partial charge in [-0.15, -0.1) is 0 Å². The highest BCUT2D eigenvalue weighted by Crippen LogP contribution is 2.28. The summed E-state index contributed by atoms with van der Waals surface area (Å²) in [5.74, 6) is -0.246. The lowest BCUT2D eigenvalue weighted by molar-refractivity contribution is 0.0997. The highest BCUT2D eigenvalue weighted by atomic mass is 16.5. The second-order valence-corrected chi connectivity index (χ2v) is 3.41. The number of ether oxygens (including phenoxy) is 1. The van der Waals surface area contributed by atoms with Crippen LogP contribution in [0.2, 0.25) is 0 Å². The minimum absolute atomic E-state index is 0.147. The largest absolute Gasteiger partial charge is 0.488 e. The first-order valence-electron chi connectivity index (χ1n) is 4.62. The summed E-state index contributed by atoms with van der Waals surface area (Å²) < 4.78 is 5.44. The van der Waals surface area contributed by atoms with E-state index in [2.05, 4.69) is 4.98 Å². The van der Waals surface area contributed by atoms with Gasteiger partial charge in [0.15, 0.2) is 6.29 Å². The van der Waals surface area contributed by atoms with E-state index in [4.69, 9.17) is 10.5 Å². The van der Waals surface area contributed by atoms with Crippen LogP contribution >= 0.6 is 0 Å². The minimum atomic E-state index is -0.583. The van der Waals surface area contributed by atoms with Crippen LogP contribution in [0.25, 0.3) is 0 Å². The van der Waals surface area contributed by atoms with Gasteiger partial charge in [0.2, 0.25) is 5.91 Å². The number of carbonyl (C=O) groups is 2. The first kappa shape index (κ1) is 9.64. The highest BCUT2D eigenvalue weighted by Gasteiger charge is 2.25. The fraction of sp³-hybridized carbons (Fsp3) is 0.300. The molecule has 5 nitrogen and oxygen atoms in total. The Morgan fingerprint density at radius 2 is 2.33 bits per heavy atom. The van der Waals surface area contributed by atoms with Crippen molar-refractivity contribution in [2.45, 2.75) is 18.9 Å². The standard InChI is InChI=1S/C10H10N2O3/c11-10(14)6-3-9(15-7-1-2-7)8(5-13)12-4-6/h3-5,7H,1-2H2,(H2,11,14). The average molecular weight is 206 g/mol. The molecule has 0 radical (unpaired) electrons. The SMILES string of the molecule is NC(=O)c1cnc(C=O)c(OC2CC2)c1. The van der Waals surface area contributed by atoms with Crippen LogP contribution in [0.15, 0.2) is 12.3 Å². The minimum Gasteiger partial charge on any atom is -0.488 e. The molecule has 0 spiro atoms. The van der Waals surface area contributed by atoms with Gasteiger partial charge in [0.05, 0.1) is 11.7 Å². The second-order valence-electron chi connectivity index (χ2n) is 3.41. The number of aldehydes is 1. The van der Waals surface area contributed by atoms with E-state index in [0.29, 0.717) is 12.0 Å². The summed E-state index contributed by atoms with van der Waals surface area (Å²) in [4.78, 5) is 25.3. The molecule has 78 valence electrons. The normalized spacial score (nSPS) is 14.7. The lowest BCUT2D eigenvalue weighted by Crippen LogP contribution is -2.12. The van der Waals surface area contributed by atoms with Crippen LogP contribution in [0.1, 0.15) is 33.7 Å². The molecule has 1 aromatic heterocycles. The lowest BCUT2D eigenvalue weighted by atomic mass is 10.2. The van der Waals surface area contributed by atoms with E-state index in [9.17, 15) is 9.59 Å². The number of nitrogens with two attached hydrogens (primary N) is 1. The van der Waals surface area contributed by atoms with Gasteiger partial charge in [0.25, 0.3) is 0 Å². The lowest BCUT2D eigenvalue weighted by Gasteiger charge is -2.06. The molecular formula is C10H10N2O3. The van der Waals surface area contributed by atoms with Crippen molar-refractivity contribution in [2.75, 3.05) is 0 Å². The van der Waals surface area contributed by atoms with Crippen LogP contribution in [0.4, 0.5) is 0 Å². The van der Waals surface area contributed by atoms with Gasteiger partial charge in [-0.05, 0) is 18.9 Å². The number of hydrogen-bond acceptors (Lipinski definition) is 4. The molecule has 2 rings (SSSR count). The Kier molecular flexibility index (Phi) is 2.37. The fourth-order valence-corrected chi connectivity index (χ4v) is 1.14. The summed E-state index contributed by atoms with van der Waals surface area (Å²) in [5.41, 5.74) is 5.55. The molecule has 0 aliphatic heterocycles. The van der Waals surface area contributed by atoms with Crippen molar-refractivity contribution in [3.05, 3.63) is 23.5 Å². The van der Waals surface area contributed by atoms with Crippen molar-refractivity contribution in [1.82, 2.24) is 4.98 Å². The predicted molar refractivity (Wildman–Crippen MR) is 51.8 cm³/mol. The molecule has 1 saturated carbocycles. The number of aromatic nitrogens is 1. The van der Waals surface area contributed by atoms with Crippen molar-refractivity contribution in [1.29, 1.82) is 0 Å². The number of hydrogen-bond donors (Lipinski definition) is 1. The molecule has 1 aliphatic carbocycles. The Balaban J connectivity index is 2.32. The van der Waals surface area contributed by atoms with Gasteiger partial charge >= 0.3 is 0 Å². The average Bonchev–Trinajstić information content (AvgIpc) is 3.01. The van der Waals surface area contributed by atoms with E-state index >= 15 is 0 Å². The molecule has 0 bridgehead atoms. The van der Waals surface area contributed by atoms with Gasteiger partial charge in [-0.25, -0.2) is 4.98 Å². The summed E-state index contributed by atoms with van der Waals surface area (Å²) in [5, 5.41) is 0. The highest BCUT2D eigenvalue weighted by molar-refractivity contribution is 5.93. The molecule has 1 amide bonds. The van der Waals surface area contributed by atoms with Crippen LogP contribution in [0.5, 0.6) is 5.75 Å². The van der Waals surface area contributed by atoms with E-state index in [0.717, 1.165) is 12.8 Å². The molecular weight excluding hydrogens is 196 g/mol. The molecule has 5 heteroatoms. The molecule has 1 aliphatic rings. The second kappa shape index (κ2) is 3.68.